The van der Waals surface area contributed by atoms with Gasteiger partial charge in [0, 0.05) is 13.2 Å². The quantitative estimate of drug-likeness (QED) is 0.700. The Labute approximate surface area is 75.5 Å². The van der Waals surface area contributed by atoms with E-state index >= 15 is 0 Å². The summed E-state index contributed by atoms with van der Waals surface area (Å²) in [6.07, 6.45) is 2.46. The van der Waals surface area contributed by atoms with Gasteiger partial charge in [0.25, 0.3) is 0 Å². The molecule has 0 aromatic heterocycles. The maximum Gasteiger partial charge on any atom is 0.0468 e. The lowest BCUT2D eigenvalue weighted by molar-refractivity contribution is 0.0406. The van der Waals surface area contributed by atoms with Crippen LogP contribution in [-0.2, 0) is 4.74 Å². The molecule has 2 N–H and O–H groups in total. The molecule has 2 unspecified atom stereocenters. The smallest absolute Gasteiger partial charge is 0.0468 e. The molecule has 1 aliphatic heterocycles. The molecule has 1 rings (SSSR count). The first kappa shape index (κ1) is 10.0. The van der Waals surface area contributed by atoms with E-state index in [9.17, 15) is 0 Å². The van der Waals surface area contributed by atoms with E-state index in [1.807, 2.05) is 0 Å². The molecule has 2 nitrogen and oxygen atoms in total. The first-order valence-corrected chi connectivity index (χ1v) is 5.03. The Morgan fingerprint density at radius 2 is 1.92 bits per heavy atom. The molecule has 1 saturated heterocycles. The summed E-state index contributed by atoms with van der Waals surface area (Å²) in [5.41, 5.74) is 5.65. The van der Waals surface area contributed by atoms with Gasteiger partial charge in [-0.3, -0.25) is 0 Å². The number of rotatable bonds is 3. The predicted molar refractivity (Wildman–Crippen MR) is 50.9 cm³/mol. The van der Waals surface area contributed by atoms with Crippen LogP contribution in [0.1, 0.15) is 26.7 Å². The van der Waals surface area contributed by atoms with Crippen LogP contribution in [-0.4, -0.2) is 19.8 Å². The Balaban J connectivity index is 2.33. The summed E-state index contributed by atoms with van der Waals surface area (Å²) in [4.78, 5) is 0. The van der Waals surface area contributed by atoms with Gasteiger partial charge in [-0.25, -0.2) is 0 Å². The van der Waals surface area contributed by atoms with E-state index in [0.29, 0.717) is 5.92 Å². The fourth-order valence-electron chi connectivity index (χ4n) is 1.92. The summed E-state index contributed by atoms with van der Waals surface area (Å²) in [7, 11) is 0. The number of ether oxygens (including phenoxy) is 1. The summed E-state index contributed by atoms with van der Waals surface area (Å²) in [6.45, 7) is 7.30. The highest BCUT2D eigenvalue weighted by Gasteiger charge is 2.23. The number of hydrogen-bond donors (Lipinski definition) is 1. The second-order valence-electron chi connectivity index (χ2n) is 4.02. The van der Waals surface area contributed by atoms with Crippen LogP contribution in [0, 0.1) is 17.8 Å². The van der Waals surface area contributed by atoms with Crippen molar-refractivity contribution in [2.45, 2.75) is 26.7 Å². The number of nitrogens with two attached hydrogens (primary N) is 1. The van der Waals surface area contributed by atoms with Crippen LogP contribution < -0.4 is 5.73 Å². The van der Waals surface area contributed by atoms with Crippen LogP contribution in [0.2, 0.25) is 0 Å². The van der Waals surface area contributed by atoms with Crippen molar-refractivity contribution in [1.82, 2.24) is 0 Å². The molecule has 0 aromatic rings. The molecule has 0 bridgehead atoms. The summed E-state index contributed by atoms with van der Waals surface area (Å²) >= 11 is 0. The third-order valence-electron chi connectivity index (χ3n) is 3.28. The highest BCUT2D eigenvalue weighted by Crippen LogP contribution is 2.28. The minimum Gasteiger partial charge on any atom is -0.381 e. The third kappa shape index (κ3) is 2.46. The van der Waals surface area contributed by atoms with Crippen LogP contribution in [0.5, 0.6) is 0 Å². The highest BCUT2D eigenvalue weighted by molar-refractivity contribution is 4.73. The standard InChI is InChI=1S/C10H21NO/c1-8(7-11)9(2)10-3-5-12-6-4-10/h8-10H,3-7,11H2,1-2H3. The lowest BCUT2D eigenvalue weighted by atomic mass is 9.80. The van der Waals surface area contributed by atoms with Crippen molar-refractivity contribution >= 4 is 0 Å². The van der Waals surface area contributed by atoms with Crippen molar-refractivity contribution in [2.75, 3.05) is 19.8 Å². The molecule has 0 saturated carbocycles. The zero-order valence-corrected chi connectivity index (χ0v) is 8.25. The second-order valence-corrected chi connectivity index (χ2v) is 4.02. The number of hydrogen-bond acceptors (Lipinski definition) is 2. The Morgan fingerprint density at radius 1 is 1.33 bits per heavy atom. The van der Waals surface area contributed by atoms with Gasteiger partial charge in [0.2, 0.25) is 0 Å². The van der Waals surface area contributed by atoms with Crippen LogP contribution in [0.25, 0.3) is 0 Å². The third-order valence-corrected chi connectivity index (χ3v) is 3.28. The van der Waals surface area contributed by atoms with Crippen LogP contribution in [0.4, 0.5) is 0 Å². The molecule has 0 spiro atoms. The van der Waals surface area contributed by atoms with E-state index in [4.69, 9.17) is 10.5 Å². The van der Waals surface area contributed by atoms with Crippen molar-refractivity contribution < 1.29 is 4.74 Å². The summed E-state index contributed by atoms with van der Waals surface area (Å²) in [5, 5.41) is 0. The van der Waals surface area contributed by atoms with Crippen molar-refractivity contribution in [2.24, 2.45) is 23.5 Å². The van der Waals surface area contributed by atoms with Gasteiger partial charge >= 0.3 is 0 Å². The van der Waals surface area contributed by atoms with Crippen LogP contribution >= 0.6 is 0 Å². The Kier molecular flexibility index (Phi) is 4.02. The second kappa shape index (κ2) is 4.83. The van der Waals surface area contributed by atoms with Gasteiger partial charge in [-0.1, -0.05) is 13.8 Å². The Hall–Kier alpha value is -0.0800. The fraction of sp³-hybridized carbons (Fsp3) is 1.00. The van der Waals surface area contributed by atoms with E-state index in [2.05, 4.69) is 13.8 Å². The van der Waals surface area contributed by atoms with E-state index in [1.165, 1.54) is 12.8 Å². The van der Waals surface area contributed by atoms with E-state index in [0.717, 1.165) is 31.6 Å². The molecule has 0 radical (unpaired) electrons. The van der Waals surface area contributed by atoms with Gasteiger partial charge in [0.15, 0.2) is 0 Å². The molecule has 0 amide bonds. The molecule has 0 aromatic carbocycles. The molecular weight excluding hydrogens is 150 g/mol. The molecule has 1 heterocycles. The first-order valence-electron chi connectivity index (χ1n) is 5.03. The van der Waals surface area contributed by atoms with E-state index in [-0.39, 0.29) is 0 Å². The van der Waals surface area contributed by atoms with Gasteiger partial charge in [-0.05, 0) is 37.1 Å². The van der Waals surface area contributed by atoms with E-state index < -0.39 is 0 Å². The van der Waals surface area contributed by atoms with Crippen molar-refractivity contribution in [3.63, 3.8) is 0 Å². The van der Waals surface area contributed by atoms with Crippen molar-refractivity contribution in [3.05, 3.63) is 0 Å². The van der Waals surface area contributed by atoms with Gasteiger partial charge in [-0.2, -0.15) is 0 Å². The molecule has 12 heavy (non-hydrogen) atoms. The normalized spacial score (nSPS) is 25.2. The minimum atomic E-state index is 0.660. The van der Waals surface area contributed by atoms with Crippen LogP contribution in [0.3, 0.4) is 0 Å². The minimum absolute atomic E-state index is 0.660. The molecule has 1 aliphatic rings. The van der Waals surface area contributed by atoms with Crippen molar-refractivity contribution in [3.8, 4) is 0 Å². The molecule has 0 aliphatic carbocycles. The summed E-state index contributed by atoms with van der Waals surface area (Å²) < 4.78 is 5.33. The van der Waals surface area contributed by atoms with Crippen molar-refractivity contribution in [1.29, 1.82) is 0 Å². The van der Waals surface area contributed by atoms with E-state index in [1.54, 1.807) is 0 Å². The average Bonchev–Trinajstić information content (AvgIpc) is 2.17. The first-order chi connectivity index (χ1) is 5.75. The average molecular weight is 171 g/mol. The fourth-order valence-corrected chi connectivity index (χ4v) is 1.92. The molecule has 72 valence electrons. The van der Waals surface area contributed by atoms with Gasteiger partial charge in [-0.15, -0.1) is 0 Å². The maximum atomic E-state index is 5.65. The predicted octanol–water partition coefficient (Wildman–Crippen LogP) is 1.64. The molecule has 2 heteroatoms. The largest absolute Gasteiger partial charge is 0.381 e. The Bertz CT molecular complexity index is 121. The summed E-state index contributed by atoms with van der Waals surface area (Å²) in [6, 6.07) is 0. The molecule has 2 atom stereocenters. The molecule has 1 fully saturated rings. The topological polar surface area (TPSA) is 35.2 Å². The summed E-state index contributed by atoms with van der Waals surface area (Å²) in [5.74, 6) is 2.27. The Morgan fingerprint density at radius 3 is 2.42 bits per heavy atom. The van der Waals surface area contributed by atoms with Crippen LogP contribution in [0.15, 0.2) is 0 Å². The zero-order valence-electron chi connectivity index (χ0n) is 8.25. The monoisotopic (exact) mass is 171 g/mol. The zero-order chi connectivity index (χ0) is 8.97. The SMILES string of the molecule is CC(CN)C(C)C1CCOCC1. The molecular formula is C10H21NO. The lowest BCUT2D eigenvalue weighted by Crippen LogP contribution is -2.29. The lowest BCUT2D eigenvalue weighted by Gasteiger charge is -2.31. The highest BCUT2D eigenvalue weighted by atomic mass is 16.5. The van der Waals surface area contributed by atoms with Gasteiger partial charge < -0.3 is 10.5 Å². The maximum absolute atomic E-state index is 5.65. The van der Waals surface area contributed by atoms with Gasteiger partial charge in [0.05, 0.1) is 0 Å². The van der Waals surface area contributed by atoms with Gasteiger partial charge in [0.1, 0.15) is 0 Å².